The first-order chi connectivity index (χ1) is 9.76. The SMILES string of the molecule is COc1cc(CNCC(C)(C)N(C)C)ccc1OC(C)C. The highest BCUT2D eigenvalue weighted by Crippen LogP contribution is 2.28. The highest BCUT2D eigenvalue weighted by molar-refractivity contribution is 5.43. The zero-order valence-corrected chi connectivity index (χ0v) is 14.5. The van der Waals surface area contributed by atoms with Crippen molar-refractivity contribution < 1.29 is 9.47 Å². The van der Waals surface area contributed by atoms with Crippen LogP contribution in [0.5, 0.6) is 11.5 Å². The highest BCUT2D eigenvalue weighted by atomic mass is 16.5. The summed E-state index contributed by atoms with van der Waals surface area (Å²) in [5, 5.41) is 3.50. The van der Waals surface area contributed by atoms with Gasteiger partial charge in [-0.05, 0) is 59.5 Å². The zero-order valence-electron chi connectivity index (χ0n) is 14.5. The van der Waals surface area contributed by atoms with Crippen molar-refractivity contribution in [2.75, 3.05) is 27.7 Å². The Morgan fingerprint density at radius 3 is 2.38 bits per heavy atom. The van der Waals surface area contributed by atoms with Crippen LogP contribution in [0.2, 0.25) is 0 Å². The third kappa shape index (κ3) is 5.56. The lowest BCUT2D eigenvalue weighted by atomic mass is 10.0. The first-order valence-electron chi connectivity index (χ1n) is 7.48. The molecule has 0 aromatic heterocycles. The van der Waals surface area contributed by atoms with Crippen LogP contribution in [0.25, 0.3) is 0 Å². The van der Waals surface area contributed by atoms with Crippen LogP contribution in [-0.4, -0.2) is 44.3 Å². The van der Waals surface area contributed by atoms with Crippen molar-refractivity contribution >= 4 is 0 Å². The monoisotopic (exact) mass is 294 g/mol. The molecule has 0 heterocycles. The molecule has 120 valence electrons. The van der Waals surface area contributed by atoms with Gasteiger partial charge in [-0.3, -0.25) is 0 Å². The average molecular weight is 294 g/mol. The number of rotatable bonds is 8. The lowest BCUT2D eigenvalue weighted by molar-refractivity contribution is 0.189. The van der Waals surface area contributed by atoms with Crippen LogP contribution >= 0.6 is 0 Å². The van der Waals surface area contributed by atoms with E-state index in [2.05, 4.69) is 44.2 Å². The largest absolute Gasteiger partial charge is 0.493 e. The molecule has 0 aliphatic rings. The van der Waals surface area contributed by atoms with Crippen molar-refractivity contribution in [3.63, 3.8) is 0 Å². The maximum Gasteiger partial charge on any atom is 0.161 e. The van der Waals surface area contributed by atoms with Crippen LogP contribution < -0.4 is 14.8 Å². The maximum absolute atomic E-state index is 5.73. The number of likely N-dealkylation sites (N-methyl/N-ethyl adjacent to an activating group) is 1. The molecular weight excluding hydrogens is 264 g/mol. The molecule has 0 aliphatic carbocycles. The second-order valence-corrected chi connectivity index (χ2v) is 6.46. The molecule has 0 bridgehead atoms. The molecule has 0 aliphatic heterocycles. The molecular formula is C17H30N2O2. The van der Waals surface area contributed by atoms with Gasteiger partial charge in [0.05, 0.1) is 13.2 Å². The highest BCUT2D eigenvalue weighted by Gasteiger charge is 2.19. The maximum atomic E-state index is 5.73. The Morgan fingerprint density at radius 1 is 1.19 bits per heavy atom. The Hall–Kier alpha value is -1.26. The van der Waals surface area contributed by atoms with Gasteiger partial charge in [0.2, 0.25) is 0 Å². The summed E-state index contributed by atoms with van der Waals surface area (Å²) in [6.07, 6.45) is 0.142. The van der Waals surface area contributed by atoms with Crippen molar-refractivity contribution in [1.82, 2.24) is 10.2 Å². The first kappa shape index (κ1) is 17.8. The first-order valence-corrected chi connectivity index (χ1v) is 7.48. The fourth-order valence-corrected chi connectivity index (χ4v) is 1.84. The van der Waals surface area contributed by atoms with Crippen molar-refractivity contribution in [2.45, 2.75) is 45.9 Å². The van der Waals surface area contributed by atoms with Gasteiger partial charge in [-0.15, -0.1) is 0 Å². The molecule has 0 atom stereocenters. The summed E-state index contributed by atoms with van der Waals surface area (Å²) in [6, 6.07) is 6.09. The Bertz CT molecular complexity index is 442. The number of methoxy groups -OCH3 is 1. The molecule has 0 amide bonds. The van der Waals surface area contributed by atoms with E-state index < -0.39 is 0 Å². The van der Waals surface area contributed by atoms with Crippen molar-refractivity contribution in [2.24, 2.45) is 0 Å². The normalized spacial score (nSPS) is 12.0. The number of hydrogen-bond donors (Lipinski definition) is 1. The minimum absolute atomic E-state index is 0.130. The molecule has 1 aromatic carbocycles. The third-order valence-corrected chi connectivity index (χ3v) is 3.69. The van der Waals surface area contributed by atoms with Crippen LogP contribution in [0.1, 0.15) is 33.3 Å². The standard InChI is InChI=1S/C17H30N2O2/c1-13(2)21-15-9-8-14(10-16(15)20-7)11-18-12-17(3,4)19(5)6/h8-10,13,18H,11-12H2,1-7H3. The Labute approximate surface area is 129 Å². The van der Waals surface area contributed by atoms with Gasteiger partial charge in [0.15, 0.2) is 11.5 Å². The molecule has 1 aromatic rings. The lowest BCUT2D eigenvalue weighted by Crippen LogP contribution is -2.46. The van der Waals surface area contributed by atoms with E-state index >= 15 is 0 Å². The molecule has 0 saturated carbocycles. The summed E-state index contributed by atoms with van der Waals surface area (Å²) in [4.78, 5) is 2.22. The van der Waals surface area contributed by atoms with E-state index in [1.165, 1.54) is 5.56 Å². The van der Waals surface area contributed by atoms with Gasteiger partial charge in [-0.2, -0.15) is 0 Å². The summed E-state index contributed by atoms with van der Waals surface area (Å²) in [7, 11) is 5.88. The van der Waals surface area contributed by atoms with Crippen LogP contribution in [0, 0.1) is 0 Å². The van der Waals surface area contributed by atoms with E-state index in [0.717, 1.165) is 24.6 Å². The number of nitrogens with zero attached hydrogens (tertiary/aromatic N) is 1. The minimum atomic E-state index is 0.130. The second-order valence-electron chi connectivity index (χ2n) is 6.46. The van der Waals surface area contributed by atoms with E-state index in [4.69, 9.17) is 9.47 Å². The molecule has 0 fully saturated rings. The molecule has 4 heteroatoms. The summed E-state index contributed by atoms with van der Waals surface area (Å²) < 4.78 is 11.1. The number of ether oxygens (including phenoxy) is 2. The van der Waals surface area contributed by atoms with Crippen LogP contribution in [0.4, 0.5) is 0 Å². The second kappa shape index (κ2) is 7.66. The third-order valence-electron chi connectivity index (χ3n) is 3.69. The Morgan fingerprint density at radius 2 is 1.86 bits per heavy atom. The van der Waals surface area contributed by atoms with Crippen LogP contribution in [0.15, 0.2) is 18.2 Å². The van der Waals surface area contributed by atoms with Gasteiger partial charge in [0.25, 0.3) is 0 Å². The molecule has 0 saturated heterocycles. The summed E-state index contributed by atoms with van der Waals surface area (Å²) in [5.74, 6) is 1.58. The molecule has 1 N–H and O–H groups in total. The fourth-order valence-electron chi connectivity index (χ4n) is 1.84. The van der Waals surface area contributed by atoms with E-state index in [-0.39, 0.29) is 11.6 Å². The van der Waals surface area contributed by atoms with Gasteiger partial charge in [-0.25, -0.2) is 0 Å². The molecule has 0 spiro atoms. The van der Waals surface area contributed by atoms with E-state index in [0.29, 0.717) is 0 Å². The van der Waals surface area contributed by atoms with Gasteiger partial charge in [0, 0.05) is 18.6 Å². The van der Waals surface area contributed by atoms with Gasteiger partial charge in [-0.1, -0.05) is 6.07 Å². The molecule has 1 rings (SSSR count). The van der Waals surface area contributed by atoms with Crippen molar-refractivity contribution in [3.8, 4) is 11.5 Å². The number of hydrogen-bond acceptors (Lipinski definition) is 4. The summed E-state index contributed by atoms with van der Waals surface area (Å²) in [5.41, 5.74) is 1.32. The molecule has 21 heavy (non-hydrogen) atoms. The summed E-state index contributed by atoms with van der Waals surface area (Å²) >= 11 is 0. The van der Waals surface area contributed by atoms with E-state index in [1.807, 2.05) is 26.0 Å². The quantitative estimate of drug-likeness (QED) is 0.799. The van der Waals surface area contributed by atoms with E-state index in [1.54, 1.807) is 7.11 Å². The summed E-state index contributed by atoms with van der Waals surface area (Å²) in [6.45, 7) is 10.2. The van der Waals surface area contributed by atoms with Crippen LogP contribution in [-0.2, 0) is 6.54 Å². The number of benzene rings is 1. The molecule has 0 unspecified atom stereocenters. The Kier molecular flexibility index (Phi) is 6.49. The van der Waals surface area contributed by atoms with Gasteiger partial charge >= 0.3 is 0 Å². The smallest absolute Gasteiger partial charge is 0.161 e. The molecule has 4 nitrogen and oxygen atoms in total. The van der Waals surface area contributed by atoms with Gasteiger partial charge in [0.1, 0.15) is 0 Å². The van der Waals surface area contributed by atoms with Crippen LogP contribution in [0.3, 0.4) is 0 Å². The van der Waals surface area contributed by atoms with E-state index in [9.17, 15) is 0 Å². The minimum Gasteiger partial charge on any atom is -0.493 e. The van der Waals surface area contributed by atoms with Crippen molar-refractivity contribution in [3.05, 3.63) is 23.8 Å². The molecule has 0 radical (unpaired) electrons. The lowest BCUT2D eigenvalue weighted by Gasteiger charge is -2.32. The van der Waals surface area contributed by atoms with Crippen molar-refractivity contribution in [1.29, 1.82) is 0 Å². The van der Waals surface area contributed by atoms with Gasteiger partial charge < -0.3 is 19.7 Å². The predicted molar refractivity (Wildman–Crippen MR) is 88.2 cm³/mol. The fraction of sp³-hybridized carbons (Fsp3) is 0.647. The number of nitrogens with one attached hydrogen (secondary N) is 1. The zero-order chi connectivity index (χ0) is 16.0. The predicted octanol–water partition coefficient (Wildman–Crippen LogP) is 2.91. The average Bonchev–Trinajstić information content (AvgIpc) is 2.39. The Balaban J connectivity index is 2.65. The topological polar surface area (TPSA) is 33.7 Å².